The van der Waals surface area contributed by atoms with Crippen molar-refractivity contribution in [3.63, 3.8) is 0 Å². The zero-order chi connectivity index (χ0) is 19.7. The molecule has 0 unspecified atom stereocenters. The molecule has 0 fully saturated rings. The zero-order valence-corrected chi connectivity index (χ0v) is 17.3. The number of benzene rings is 1. The number of imidazole rings is 1. The van der Waals surface area contributed by atoms with E-state index in [1.54, 1.807) is 38.2 Å². The highest BCUT2D eigenvalue weighted by molar-refractivity contribution is 5.90. The van der Waals surface area contributed by atoms with E-state index in [4.69, 9.17) is 4.74 Å². The van der Waals surface area contributed by atoms with Crippen LogP contribution in [-0.4, -0.2) is 42.6 Å². The standard InChI is InChI=1S/C20H23N4O3.ClH/c1-14(25)22(4)16-8-11-19-23(5)18(13-24(19)12-16)15-6-9-17(10-7-15)27-20(26)21(2)3;/h6-13H,1-5H3;1H/q+1;/p-1. The lowest BCUT2D eigenvalue weighted by atomic mass is 10.1. The van der Waals surface area contributed by atoms with Gasteiger partial charge in [-0.05, 0) is 30.3 Å². The van der Waals surface area contributed by atoms with Crippen LogP contribution in [0.5, 0.6) is 5.75 Å². The first-order chi connectivity index (χ1) is 12.8. The fourth-order valence-electron chi connectivity index (χ4n) is 2.76. The molecule has 2 aromatic heterocycles. The van der Waals surface area contributed by atoms with Crippen LogP contribution in [0.1, 0.15) is 6.92 Å². The number of carbonyl (C=O) groups excluding carboxylic acids is 2. The van der Waals surface area contributed by atoms with Crippen molar-refractivity contribution in [2.45, 2.75) is 6.92 Å². The molecule has 0 atom stereocenters. The molecule has 0 aliphatic carbocycles. The number of ether oxygens (including phenoxy) is 1. The molecule has 3 aromatic rings. The first-order valence-electron chi connectivity index (χ1n) is 8.52. The minimum absolute atomic E-state index is 0. The number of halogens is 1. The number of fused-ring (bicyclic) bond motifs is 1. The van der Waals surface area contributed by atoms with Crippen molar-refractivity contribution < 1.29 is 31.1 Å². The fraction of sp³-hybridized carbons (Fsp3) is 0.250. The molecule has 2 heterocycles. The summed E-state index contributed by atoms with van der Waals surface area (Å²) in [5.74, 6) is 0.475. The topological polar surface area (TPSA) is 58.9 Å². The molecule has 0 N–H and O–H groups in total. The number of hydrogen-bond donors (Lipinski definition) is 0. The van der Waals surface area contributed by atoms with Gasteiger partial charge in [0.25, 0.3) is 5.65 Å². The van der Waals surface area contributed by atoms with Gasteiger partial charge in [-0.15, -0.1) is 0 Å². The maximum absolute atomic E-state index is 11.6. The van der Waals surface area contributed by atoms with Gasteiger partial charge >= 0.3 is 6.09 Å². The number of carbonyl (C=O) groups is 2. The third kappa shape index (κ3) is 4.09. The molecule has 3 rings (SSSR count). The molecular weight excluding hydrogens is 380 g/mol. The van der Waals surface area contributed by atoms with Gasteiger partial charge in [-0.25, -0.2) is 13.8 Å². The van der Waals surface area contributed by atoms with Crippen LogP contribution in [0.4, 0.5) is 10.5 Å². The van der Waals surface area contributed by atoms with Gasteiger partial charge in [0.2, 0.25) is 5.91 Å². The molecule has 0 radical (unpaired) electrons. The molecule has 0 bridgehead atoms. The van der Waals surface area contributed by atoms with Crippen LogP contribution in [-0.2, 0) is 11.8 Å². The highest BCUT2D eigenvalue weighted by Gasteiger charge is 2.18. The second kappa shape index (κ2) is 8.31. The lowest BCUT2D eigenvalue weighted by Crippen LogP contribution is -3.00. The highest BCUT2D eigenvalue weighted by Crippen LogP contribution is 2.23. The third-order valence-corrected chi connectivity index (χ3v) is 4.49. The van der Waals surface area contributed by atoms with Gasteiger partial charge in [0.15, 0.2) is 5.69 Å². The number of aryl methyl sites for hydroxylation is 1. The van der Waals surface area contributed by atoms with Gasteiger partial charge in [-0.1, -0.05) is 0 Å². The van der Waals surface area contributed by atoms with Gasteiger partial charge < -0.3 is 26.9 Å². The number of amides is 2. The van der Waals surface area contributed by atoms with E-state index in [9.17, 15) is 9.59 Å². The van der Waals surface area contributed by atoms with Crippen LogP contribution in [0.25, 0.3) is 16.9 Å². The Morgan fingerprint density at radius 2 is 1.64 bits per heavy atom. The van der Waals surface area contributed by atoms with Crippen LogP contribution in [0.2, 0.25) is 0 Å². The minimum Gasteiger partial charge on any atom is -1.00 e. The number of nitrogens with zero attached hydrogens (tertiary/aromatic N) is 4. The number of hydrogen-bond acceptors (Lipinski definition) is 3. The Balaban J connectivity index is 0.00000280. The van der Waals surface area contributed by atoms with Crippen molar-refractivity contribution >= 4 is 23.3 Å². The van der Waals surface area contributed by atoms with E-state index in [1.807, 2.05) is 48.1 Å². The molecule has 1 aromatic carbocycles. The highest BCUT2D eigenvalue weighted by atomic mass is 35.5. The summed E-state index contributed by atoms with van der Waals surface area (Å²) in [7, 11) is 7.02. The van der Waals surface area contributed by atoms with Crippen LogP contribution < -0.4 is 26.4 Å². The predicted molar refractivity (Wildman–Crippen MR) is 103 cm³/mol. The normalized spacial score (nSPS) is 10.3. The lowest BCUT2D eigenvalue weighted by Gasteiger charge is -2.12. The summed E-state index contributed by atoms with van der Waals surface area (Å²) in [5.41, 5.74) is 3.81. The van der Waals surface area contributed by atoms with E-state index < -0.39 is 6.09 Å². The van der Waals surface area contributed by atoms with E-state index in [0.29, 0.717) is 5.75 Å². The lowest BCUT2D eigenvalue weighted by molar-refractivity contribution is -0.509. The van der Waals surface area contributed by atoms with Gasteiger partial charge in [0.1, 0.15) is 18.1 Å². The third-order valence-electron chi connectivity index (χ3n) is 4.49. The van der Waals surface area contributed by atoms with Crippen LogP contribution in [0.15, 0.2) is 48.8 Å². The van der Waals surface area contributed by atoms with Crippen molar-refractivity contribution in [2.75, 3.05) is 26.0 Å². The van der Waals surface area contributed by atoms with Gasteiger partial charge in [-0.3, -0.25) is 4.79 Å². The summed E-state index contributed by atoms with van der Waals surface area (Å²) in [6.07, 6.45) is 3.52. The fourth-order valence-corrected chi connectivity index (χ4v) is 2.76. The Kier molecular flexibility index (Phi) is 6.30. The Hall–Kier alpha value is -3.06. The Labute approximate surface area is 170 Å². The van der Waals surface area contributed by atoms with Crippen molar-refractivity contribution in [1.29, 1.82) is 0 Å². The molecule has 148 valence electrons. The Morgan fingerprint density at radius 1 is 1.00 bits per heavy atom. The van der Waals surface area contributed by atoms with E-state index in [1.165, 1.54) is 11.8 Å². The summed E-state index contributed by atoms with van der Waals surface area (Å²) in [6, 6.07) is 11.3. The number of rotatable bonds is 3. The molecule has 0 saturated heterocycles. The summed E-state index contributed by atoms with van der Waals surface area (Å²) < 4.78 is 9.32. The number of anilines is 1. The molecule has 28 heavy (non-hydrogen) atoms. The predicted octanol–water partition coefficient (Wildman–Crippen LogP) is -0.522. The van der Waals surface area contributed by atoms with Gasteiger partial charge in [0, 0.05) is 39.7 Å². The smallest absolute Gasteiger partial charge is 0.414 e. The van der Waals surface area contributed by atoms with Crippen molar-refractivity contribution in [3.05, 3.63) is 48.8 Å². The molecule has 7 nitrogen and oxygen atoms in total. The van der Waals surface area contributed by atoms with E-state index >= 15 is 0 Å². The van der Waals surface area contributed by atoms with E-state index in [0.717, 1.165) is 22.6 Å². The van der Waals surface area contributed by atoms with E-state index in [2.05, 4.69) is 4.57 Å². The molecule has 0 aliphatic rings. The molecule has 0 aliphatic heterocycles. The van der Waals surface area contributed by atoms with Crippen molar-refractivity contribution in [2.24, 2.45) is 7.05 Å². The first kappa shape index (κ1) is 21.2. The van der Waals surface area contributed by atoms with Crippen molar-refractivity contribution in [3.8, 4) is 17.0 Å². The van der Waals surface area contributed by atoms with Gasteiger partial charge in [-0.2, -0.15) is 0 Å². The summed E-state index contributed by atoms with van der Waals surface area (Å²) in [5, 5.41) is 0. The maximum Gasteiger partial charge on any atom is 0.414 e. The number of pyridine rings is 1. The zero-order valence-electron chi connectivity index (χ0n) is 16.5. The monoisotopic (exact) mass is 402 g/mol. The summed E-state index contributed by atoms with van der Waals surface area (Å²) >= 11 is 0. The average Bonchev–Trinajstić information content (AvgIpc) is 2.97. The minimum atomic E-state index is -0.412. The summed E-state index contributed by atoms with van der Waals surface area (Å²) in [6.45, 7) is 1.54. The summed E-state index contributed by atoms with van der Waals surface area (Å²) in [4.78, 5) is 26.2. The van der Waals surface area contributed by atoms with Crippen LogP contribution >= 0.6 is 0 Å². The second-order valence-electron chi connectivity index (χ2n) is 6.59. The Bertz CT molecular complexity index is 1010. The maximum atomic E-state index is 11.6. The number of aromatic nitrogens is 2. The molecule has 2 amide bonds. The molecule has 0 spiro atoms. The van der Waals surface area contributed by atoms with Gasteiger partial charge in [0.05, 0.1) is 12.7 Å². The molecule has 0 saturated carbocycles. The second-order valence-corrected chi connectivity index (χ2v) is 6.59. The van der Waals surface area contributed by atoms with E-state index in [-0.39, 0.29) is 18.3 Å². The van der Waals surface area contributed by atoms with Crippen molar-refractivity contribution in [1.82, 2.24) is 9.47 Å². The quantitative estimate of drug-likeness (QED) is 0.554. The molecule has 8 heteroatoms. The average molecular weight is 403 g/mol. The SMILES string of the molecule is CC(=O)N(C)c1ccc2n(C)c(-c3ccc(OC(=O)N(C)C)cc3)c[n+]2c1.[Cl-]. The van der Waals surface area contributed by atoms with Crippen LogP contribution in [0.3, 0.4) is 0 Å². The molecular formula is C20H23ClN4O3. The largest absolute Gasteiger partial charge is 1.00 e. The first-order valence-corrected chi connectivity index (χ1v) is 8.52. The Morgan fingerprint density at radius 3 is 2.21 bits per heavy atom. The van der Waals surface area contributed by atoms with Crippen LogP contribution in [0, 0.1) is 0 Å².